The number of esters is 3. The zero-order chi connectivity index (χ0) is 31.8. The van der Waals surface area contributed by atoms with Crippen LogP contribution >= 0.6 is 0 Å². The molecule has 222 valence electrons. The maximum atomic E-state index is 11.7. The summed E-state index contributed by atoms with van der Waals surface area (Å²) in [6.07, 6.45) is 2.88. The molecule has 0 saturated heterocycles. The minimum absolute atomic E-state index is 0.0111. The summed E-state index contributed by atoms with van der Waals surface area (Å²) in [6, 6.07) is 13.4. The van der Waals surface area contributed by atoms with Crippen LogP contribution in [0.3, 0.4) is 0 Å². The number of hydrogen-bond acceptors (Lipinski definition) is 11. The highest BCUT2D eigenvalue weighted by atomic mass is 16.6. The molecule has 0 bridgehead atoms. The molecule has 2 aromatic heterocycles. The van der Waals surface area contributed by atoms with E-state index in [2.05, 4.69) is 14.2 Å². The summed E-state index contributed by atoms with van der Waals surface area (Å²) in [4.78, 5) is 66.8. The zero-order valence-electron chi connectivity index (χ0n) is 22.7. The quantitative estimate of drug-likeness (QED) is 0.133. The Kier molecular flexibility index (Phi) is 9.70. The summed E-state index contributed by atoms with van der Waals surface area (Å²) in [7, 11) is 3.56. The third-order valence-corrected chi connectivity index (χ3v) is 5.82. The number of hydrogen-bond donors (Lipinski definition) is 1. The molecular weight excluding hydrogens is 572 g/mol. The van der Waals surface area contributed by atoms with Crippen LogP contribution in [0, 0.1) is 20.2 Å². The van der Waals surface area contributed by atoms with Crippen molar-refractivity contribution in [3.05, 3.63) is 116 Å². The van der Waals surface area contributed by atoms with Gasteiger partial charge in [0.25, 0.3) is 11.4 Å². The number of nitro groups is 2. The average Bonchev–Trinajstić information content (AvgIpc) is 3.70. The number of methoxy groups -OCH3 is 3. The van der Waals surface area contributed by atoms with E-state index in [1.165, 1.54) is 78.2 Å². The number of nitrogens with zero attached hydrogens (tertiary/aromatic N) is 4. The van der Waals surface area contributed by atoms with Crippen LogP contribution in [0.4, 0.5) is 11.4 Å². The second-order valence-corrected chi connectivity index (χ2v) is 8.23. The van der Waals surface area contributed by atoms with Crippen LogP contribution in [0.2, 0.25) is 0 Å². The van der Waals surface area contributed by atoms with Gasteiger partial charge in [0.2, 0.25) is 0 Å². The molecule has 0 spiro atoms. The van der Waals surface area contributed by atoms with Crippen molar-refractivity contribution in [2.75, 3.05) is 21.3 Å². The first kappa shape index (κ1) is 31.2. The van der Waals surface area contributed by atoms with Crippen LogP contribution in [0.1, 0.15) is 41.7 Å². The monoisotopic (exact) mass is 594 g/mol. The molecule has 0 amide bonds. The maximum absolute atomic E-state index is 11.7. The van der Waals surface area contributed by atoms with Crippen molar-refractivity contribution in [1.29, 1.82) is 0 Å². The summed E-state index contributed by atoms with van der Waals surface area (Å²) in [5, 5.41) is 31.5. The van der Waals surface area contributed by atoms with Crippen LogP contribution in [0.25, 0.3) is 11.4 Å². The molecule has 2 heterocycles. The molecule has 43 heavy (non-hydrogen) atoms. The molecule has 0 saturated carbocycles. The van der Waals surface area contributed by atoms with Gasteiger partial charge in [0, 0.05) is 24.5 Å². The highest BCUT2D eigenvalue weighted by Crippen LogP contribution is 2.28. The van der Waals surface area contributed by atoms with Crippen LogP contribution in [0.15, 0.2) is 73.1 Å². The topological polar surface area (TPSA) is 212 Å². The second-order valence-electron chi connectivity index (χ2n) is 8.23. The van der Waals surface area contributed by atoms with Gasteiger partial charge in [-0.1, -0.05) is 0 Å². The molecule has 0 aliphatic heterocycles. The van der Waals surface area contributed by atoms with Crippen molar-refractivity contribution >= 4 is 35.3 Å². The molecule has 1 N–H and O–H groups in total. The van der Waals surface area contributed by atoms with Crippen molar-refractivity contribution < 1.29 is 48.3 Å². The average molecular weight is 594 g/mol. The van der Waals surface area contributed by atoms with E-state index in [4.69, 9.17) is 5.11 Å². The number of carboxylic acid groups (broad SMARTS) is 1. The largest absolute Gasteiger partial charge is 0.477 e. The van der Waals surface area contributed by atoms with Gasteiger partial charge in [-0.25, -0.2) is 19.2 Å². The predicted octanol–water partition coefficient (Wildman–Crippen LogP) is 3.83. The van der Waals surface area contributed by atoms with Gasteiger partial charge in [-0.15, -0.1) is 0 Å². The van der Waals surface area contributed by atoms with E-state index in [0.717, 1.165) is 19.2 Å². The number of benzene rings is 2. The van der Waals surface area contributed by atoms with Crippen LogP contribution < -0.4 is 0 Å². The lowest BCUT2D eigenvalue weighted by Crippen LogP contribution is -2.11. The fourth-order valence-corrected chi connectivity index (χ4v) is 3.86. The third-order valence-electron chi connectivity index (χ3n) is 5.82. The summed E-state index contributed by atoms with van der Waals surface area (Å²) in [6.45, 7) is 0. The van der Waals surface area contributed by atoms with Gasteiger partial charge in [-0.05, 0) is 48.5 Å². The van der Waals surface area contributed by atoms with Gasteiger partial charge in [0.05, 0.1) is 42.3 Å². The van der Waals surface area contributed by atoms with E-state index in [0.29, 0.717) is 0 Å². The Morgan fingerprint density at radius 1 is 0.651 bits per heavy atom. The Labute approximate surface area is 241 Å². The van der Waals surface area contributed by atoms with E-state index < -0.39 is 39.4 Å². The van der Waals surface area contributed by atoms with E-state index >= 15 is 0 Å². The molecule has 4 rings (SSSR count). The Bertz CT molecular complexity index is 1740. The number of rotatable bonds is 8. The number of nitro benzene ring substituents is 2. The number of aromatic carboxylic acids is 1. The number of aromatic nitrogens is 2. The molecule has 0 unspecified atom stereocenters. The van der Waals surface area contributed by atoms with Crippen molar-refractivity contribution in [2.45, 2.75) is 0 Å². The SMILES string of the molecule is COC(=O)c1ccc(-n2cccc2C(=O)O)c([N+](=O)[O-])c1.COC(=O)c1ccc(-n2cccc2C(=O)OC)c([N+](=O)[O-])c1. The van der Waals surface area contributed by atoms with Crippen molar-refractivity contribution in [2.24, 2.45) is 0 Å². The Balaban J connectivity index is 0.000000236. The molecule has 0 radical (unpaired) electrons. The number of carbonyl (C=O) groups excluding carboxylic acids is 3. The van der Waals surface area contributed by atoms with Crippen molar-refractivity contribution in [3.63, 3.8) is 0 Å². The van der Waals surface area contributed by atoms with Crippen molar-refractivity contribution in [3.8, 4) is 11.4 Å². The molecule has 0 fully saturated rings. The van der Waals surface area contributed by atoms with Gasteiger partial charge in [-0.3, -0.25) is 20.2 Å². The highest BCUT2D eigenvalue weighted by Gasteiger charge is 2.23. The molecule has 4 aromatic rings. The first-order chi connectivity index (χ1) is 20.4. The van der Waals surface area contributed by atoms with Gasteiger partial charge >= 0.3 is 23.9 Å². The second kappa shape index (κ2) is 13.4. The molecule has 0 aliphatic carbocycles. The first-order valence-electron chi connectivity index (χ1n) is 11.9. The van der Waals surface area contributed by atoms with Crippen LogP contribution in [-0.4, -0.2) is 69.3 Å². The van der Waals surface area contributed by atoms with E-state index in [1.807, 2.05) is 0 Å². The Hall–Kier alpha value is -6.32. The molecule has 16 heteroatoms. The standard InChI is InChI=1S/C14H12N2O6.C13H10N2O6/c1-21-13(17)9-5-6-10(12(8-9)16(19)20)15-7-3-4-11(15)14(18)22-2;1-21-13(18)8-4-5-9(11(7-8)15(19)20)14-6-2-3-10(14)12(16)17/h3-8H,1-2H3;2-7H,1H3,(H,16,17). The normalized spacial score (nSPS) is 10.1. The maximum Gasteiger partial charge on any atom is 0.355 e. The Morgan fingerprint density at radius 3 is 1.42 bits per heavy atom. The van der Waals surface area contributed by atoms with E-state index in [1.54, 1.807) is 6.07 Å². The summed E-state index contributed by atoms with van der Waals surface area (Å²) in [5.41, 5.74) is -0.457. The van der Waals surface area contributed by atoms with Crippen LogP contribution in [0.5, 0.6) is 0 Å². The lowest BCUT2D eigenvalue weighted by atomic mass is 10.1. The third kappa shape index (κ3) is 6.71. The predicted molar refractivity (Wildman–Crippen MR) is 146 cm³/mol. The van der Waals surface area contributed by atoms with Gasteiger partial charge in [0.1, 0.15) is 22.8 Å². The number of carboxylic acids is 1. The van der Waals surface area contributed by atoms with Gasteiger partial charge in [-0.2, -0.15) is 0 Å². The number of carbonyl (C=O) groups is 4. The summed E-state index contributed by atoms with van der Waals surface area (Å²) >= 11 is 0. The minimum atomic E-state index is -1.22. The lowest BCUT2D eigenvalue weighted by molar-refractivity contribution is -0.384. The van der Waals surface area contributed by atoms with E-state index in [-0.39, 0.29) is 39.6 Å². The molecular formula is C27H22N4O12. The fraction of sp³-hybridized carbons (Fsp3) is 0.111. The smallest absolute Gasteiger partial charge is 0.355 e. The van der Waals surface area contributed by atoms with Gasteiger partial charge < -0.3 is 28.5 Å². The molecule has 2 aromatic carbocycles. The Morgan fingerprint density at radius 2 is 1.05 bits per heavy atom. The molecule has 0 atom stereocenters. The van der Waals surface area contributed by atoms with Crippen LogP contribution in [-0.2, 0) is 14.2 Å². The minimum Gasteiger partial charge on any atom is -0.477 e. The van der Waals surface area contributed by atoms with Gasteiger partial charge in [0.15, 0.2) is 0 Å². The molecule has 0 aliphatic rings. The zero-order valence-corrected chi connectivity index (χ0v) is 22.7. The van der Waals surface area contributed by atoms with E-state index in [9.17, 15) is 39.4 Å². The summed E-state index contributed by atoms with van der Waals surface area (Å²) < 4.78 is 16.2. The fourth-order valence-electron chi connectivity index (χ4n) is 3.86. The van der Waals surface area contributed by atoms with Crippen molar-refractivity contribution in [1.82, 2.24) is 9.13 Å². The highest BCUT2D eigenvalue weighted by molar-refractivity contribution is 5.92. The molecule has 16 nitrogen and oxygen atoms in total. The summed E-state index contributed by atoms with van der Waals surface area (Å²) in [5.74, 6) is -3.24. The number of ether oxygens (including phenoxy) is 3. The lowest BCUT2D eigenvalue weighted by Gasteiger charge is -2.09. The first-order valence-corrected chi connectivity index (χ1v) is 11.9.